The number of aromatic nitrogens is 5. The fourth-order valence-corrected chi connectivity index (χ4v) is 4.53. The zero-order valence-electron chi connectivity index (χ0n) is 19.2. The van der Waals surface area contributed by atoms with Gasteiger partial charge in [0.25, 0.3) is 5.56 Å². The number of fused-ring (bicyclic) bond motifs is 4. The van der Waals surface area contributed by atoms with Gasteiger partial charge in [-0.05, 0) is 61.7 Å². The molecule has 0 amide bonds. The molecule has 6 aromatic rings. The molecule has 166 valence electrons. The lowest BCUT2D eigenvalue weighted by Crippen LogP contribution is -2.24. The number of aryl methyl sites for hydroxylation is 2. The Morgan fingerprint density at radius 2 is 1.50 bits per heavy atom. The van der Waals surface area contributed by atoms with E-state index in [0.29, 0.717) is 22.2 Å². The van der Waals surface area contributed by atoms with Gasteiger partial charge in [-0.15, -0.1) is 0 Å². The summed E-state index contributed by atoms with van der Waals surface area (Å²) in [5.41, 5.74) is 7.48. The fourth-order valence-electron chi connectivity index (χ4n) is 4.53. The van der Waals surface area contributed by atoms with Crippen molar-refractivity contribution in [2.75, 3.05) is 0 Å². The first-order valence-corrected chi connectivity index (χ1v) is 11.3. The van der Waals surface area contributed by atoms with Crippen LogP contribution in [0.1, 0.15) is 29.7 Å². The van der Waals surface area contributed by atoms with E-state index in [0.717, 1.165) is 27.8 Å². The van der Waals surface area contributed by atoms with Crippen LogP contribution in [0.3, 0.4) is 0 Å². The van der Waals surface area contributed by atoms with Gasteiger partial charge in [0, 0.05) is 5.69 Å². The van der Waals surface area contributed by atoms with E-state index >= 15 is 0 Å². The van der Waals surface area contributed by atoms with Gasteiger partial charge >= 0.3 is 0 Å². The van der Waals surface area contributed by atoms with Crippen molar-refractivity contribution in [2.24, 2.45) is 0 Å². The standard InChI is InChI=1S/C28H23N5O/c1-17-13-14-21(15-18(17)2)33-26-24(25-27(33)31-23-12-8-7-11-22(23)30-25)28(34)32(16-29-26)19(3)20-9-5-4-6-10-20/h4-16,19H,1-3H3. The molecule has 0 fully saturated rings. The van der Waals surface area contributed by atoms with Crippen LogP contribution in [0, 0.1) is 13.8 Å². The third-order valence-corrected chi connectivity index (χ3v) is 6.64. The minimum Gasteiger partial charge on any atom is -0.291 e. The van der Waals surface area contributed by atoms with Crippen molar-refractivity contribution in [3.05, 3.63) is 106 Å². The molecule has 0 radical (unpaired) electrons. The molecule has 0 N–H and O–H groups in total. The zero-order valence-corrected chi connectivity index (χ0v) is 19.2. The average Bonchev–Trinajstić information content (AvgIpc) is 3.18. The van der Waals surface area contributed by atoms with Crippen LogP contribution >= 0.6 is 0 Å². The second kappa shape index (κ2) is 7.63. The highest BCUT2D eigenvalue weighted by atomic mass is 16.1. The van der Waals surface area contributed by atoms with Gasteiger partial charge in [-0.3, -0.25) is 13.9 Å². The van der Waals surface area contributed by atoms with Crippen molar-refractivity contribution >= 4 is 33.2 Å². The molecule has 34 heavy (non-hydrogen) atoms. The average molecular weight is 446 g/mol. The third-order valence-electron chi connectivity index (χ3n) is 6.64. The second-order valence-electron chi connectivity index (χ2n) is 8.73. The highest BCUT2D eigenvalue weighted by molar-refractivity contribution is 6.05. The number of rotatable bonds is 3. The Kier molecular flexibility index (Phi) is 4.55. The Bertz CT molecular complexity index is 1770. The van der Waals surface area contributed by atoms with Crippen LogP contribution in [0.15, 0.2) is 83.9 Å². The molecule has 6 rings (SSSR count). The van der Waals surface area contributed by atoms with Crippen molar-refractivity contribution in [2.45, 2.75) is 26.8 Å². The molecule has 0 aliphatic rings. The molecule has 1 atom stereocenters. The zero-order chi connectivity index (χ0) is 23.4. The van der Waals surface area contributed by atoms with Gasteiger partial charge in [0.15, 0.2) is 11.3 Å². The van der Waals surface area contributed by atoms with E-state index in [1.54, 1.807) is 10.9 Å². The van der Waals surface area contributed by atoms with Crippen LogP contribution in [-0.4, -0.2) is 24.1 Å². The van der Waals surface area contributed by atoms with Crippen molar-refractivity contribution in [1.82, 2.24) is 24.1 Å². The van der Waals surface area contributed by atoms with Crippen LogP contribution in [0.2, 0.25) is 0 Å². The summed E-state index contributed by atoms with van der Waals surface area (Å²) in [5.74, 6) is 0. The smallest absolute Gasteiger partial charge is 0.265 e. The van der Waals surface area contributed by atoms with E-state index < -0.39 is 0 Å². The fraction of sp³-hybridized carbons (Fsp3) is 0.143. The van der Waals surface area contributed by atoms with Gasteiger partial charge in [-0.2, -0.15) is 0 Å². The molecule has 0 saturated carbocycles. The Morgan fingerprint density at radius 1 is 0.794 bits per heavy atom. The van der Waals surface area contributed by atoms with E-state index in [4.69, 9.17) is 15.0 Å². The lowest BCUT2D eigenvalue weighted by Gasteiger charge is -2.15. The van der Waals surface area contributed by atoms with Gasteiger partial charge in [0.2, 0.25) is 0 Å². The van der Waals surface area contributed by atoms with Crippen molar-refractivity contribution in [3.8, 4) is 5.69 Å². The summed E-state index contributed by atoms with van der Waals surface area (Å²) >= 11 is 0. The molecule has 3 heterocycles. The summed E-state index contributed by atoms with van der Waals surface area (Å²) in [5, 5.41) is 0.483. The molecule has 6 nitrogen and oxygen atoms in total. The minimum atomic E-state index is -0.168. The maximum atomic E-state index is 13.9. The van der Waals surface area contributed by atoms with Crippen LogP contribution in [0.25, 0.3) is 38.9 Å². The van der Waals surface area contributed by atoms with Gasteiger partial charge in [0.05, 0.1) is 17.1 Å². The normalized spacial score (nSPS) is 12.6. The molecule has 0 bridgehead atoms. The molecule has 1 unspecified atom stereocenters. The van der Waals surface area contributed by atoms with Crippen LogP contribution in [0.4, 0.5) is 0 Å². The van der Waals surface area contributed by atoms with Gasteiger partial charge in [-0.25, -0.2) is 15.0 Å². The highest BCUT2D eigenvalue weighted by Crippen LogP contribution is 2.29. The lowest BCUT2D eigenvalue weighted by molar-refractivity contribution is 0.608. The molecule has 0 aliphatic heterocycles. The monoisotopic (exact) mass is 445 g/mol. The van der Waals surface area contributed by atoms with E-state index in [1.165, 1.54) is 5.56 Å². The molecule has 0 spiro atoms. The van der Waals surface area contributed by atoms with Gasteiger partial charge in [-0.1, -0.05) is 48.5 Å². The largest absolute Gasteiger partial charge is 0.291 e. The first-order valence-electron chi connectivity index (χ1n) is 11.3. The molecular weight excluding hydrogens is 422 g/mol. The SMILES string of the molecule is Cc1ccc(-n2c3nc4ccccc4nc3c3c(=O)n(C(C)c4ccccc4)cnc32)cc1C. The first kappa shape index (κ1) is 20.3. The summed E-state index contributed by atoms with van der Waals surface area (Å²) in [7, 11) is 0. The van der Waals surface area contributed by atoms with E-state index in [1.807, 2.05) is 72.2 Å². The van der Waals surface area contributed by atoms with Crippen LogP contribution in [-0.2, 0) is 0 Å². The Balaban J connectivity index is 1.72. The van der Waals surface area contributed by atoms with Crippen LogP contribution in [0.5, 0.6) is 0 Å². The topological polar surface area (TPSA) is 65.6 Å². The predicted molar refractivity (Wildman–Crippen MR) is 136 cm³/mol. The van der Waals surface area contributed by atoms with Crippen molar-refractivity contribution in [3.63, 3.8) is 0 Å². The Labute approximate surface area is 196 Å². The molecular formula is C28H23N5O. The Hall–Kier alpha value is -4.32. The summed E-state index contributed by atoms with van der Waals surface area (Å²) in [6, 6.07) is 23.8. The van der Waals surface area contributed by atoms with Crippen LogP contribution < -0.4 is 5.56 Å². The number of benzene rings is 3. The summed E-state index contributed by atoms with van der Waals surface area (Å²) in [4.78, 5) is 28.5. The molecule has 6 heteroatoms. The minimum absolute atomic E-state index is 0.126. The summed E-state index contributed by atoms with van der Waals surface area (Å²) < 4.78 is 3.63. The quantitative estimate of drug-likeness (QED) is 0.360. The van der Waals surface area contributed by atoms with Crippen molar-refractivity contribution in [1.29, 1.82) is 0 Å². The Morgan fingerprint density at radius 3 is 2.24 bits per heavy atom. The van der Waals surface area contributed by atoms with Gasteiger partial charge < -0.3 is 0 Å². The predicted octanol–water partition coefficient (Wildman–Crippen LogP) is 5.51. The highest BCUT2D eigenvalue weighted by Gasteiger charge is 2.22. The molecule has 0 aliphatic carbocycles. The molecule has 3 aromatic carbocycles. The first-order chi connectivity index (χ1) is 16.5. The molecule has 3 aromatic heterocycles. The third kappa shape index (κ3) is 3.03. The maximum Gasteiger partial charge on any atom is 0.265 e. The lowest BCUT2D eigenvalue weighted by atomic mass is 10.1. The molecule has 0 saturated heterocycles. The number of hydrogen-bond acceptors (Lipinski definition) is 4. The number of para-hydroxylation sites is 2. The van der Waals surface area contributed by atoms with E-state index in [2.05, 4.69) is 26.0 Å². The summed E-state index contributed by atoms with van der Waals surface area (Å²) in [6.45, 7) is 6.17. The number of nitrogens with zero attached hydrogens (tertiary/aromatic N) is 5. The van der Waals surface area contributed by atoms with Gasteiger partial charge in [0.1, 0.15) is 17.2 Å². The maximum absolute atomic E-state index is 13.9. The summed E-state index contributed by atoms with van der Waals surface area (Å²) in [6.07, 6.45) is 1.64. The van der Waals surface area contributed by atoms with E-state index in [9.17, 15) is 4.79 Å². The van der Waals surface area contributed by atoms with E-state index in [-0.39, 0.29) is 11.6 Å². The number of hydrogen-bond donors (Lipinski definition) is 0. The van der Waals surface area contributed by atoms with Crippen molar-refractivity contribution < 1.29 is 0 Å². The second-order valence-corrected chi connectivity index (χ2v) is 8.73.